The predicted molar refractivity (Wildman–Crippen MR) is 214 cm³/mol. The molecule has 226 valence electrons. The van der Waals surface area contributed by atoms with E-state index in [2.05, 4.69) is 162 Å². The van der Waals surface area contributed by atoms with E-state index in [9.17, 15) is 0 Å². The van der Waals surface area contributed by atoms with Crippen LogP contribution in [-0.2, 0) is 0 Å². The van der Waals surface area contributed by atoms with Crippen molar-refractivity contribution in [3.63, 3.8) is 0 Å². The molecule has 0 aliphatic carbocycles. The van der Waals surface area contributed by atoms with Gasteiger partial charge in [0.15, 0.2) is 0 Å². The highest BCUT2D eigenvalue weighted by Gasteiger charge is 2.20. The van der Waals surface area contributed by atoms with Crippen LogP contribution in [0.25, 0.3) is 69.5 Å². The van der Waals surface area contributed by atoms with Crippen molar-refractivity contribution in [2.75, 3.05) is 0 Å². The summed E-state index contributed by atoms with van der Waals surface area (Å²) in [6.07, 6.45) is 12.6. The van der Waals surface area contributed by atoms with Crippen LogP contribution < -0.4 is 5.46 Å². The molecule has 47 heavy (non-hydrogen) atoms. The van der Waals surface area contributed by atoms with Crippen molar-refractivity contribution < 1.29 is 0 Å². The first kappa shape index (κ1) is 30.5. The lowest BCUT2D eigenvalue weighted by atomic mass is 9.80. The Bertz CT molecular complexity index is 2450. The van der Waals surface area contributed by atoms with Gasteiger partial charge in [0.2, 0.25) is 0 Å². The third-order valence-corrected chi connectivity index (χ3v) is 10.5. The van der Waals surface area contributed by atoms with E-state index in [-0.39, 0.29) is 0 Å². The van der Waals surface area contributed by atoms with Gasteiger partial charge in [0, 0.05) is 25.7 Å². The van der Waals surface area contributed by atoms with E-state index in [0.29, 0.717) is 0 Å². The molecule has 7 aromatic rings. The van der Waals surface area contributed by atoms with Crippen LogP contribution in [0.2, 0.25) is 0 Å². The van der Waals surface area contributed by atoms with Gasteiger partial charge in [-0.25, -0.2) is 0 Å². The second-order valence-electron chi connectivity index (χ2n) is 12.2. The largest absolute Gasteiger partial charge is 0.140 e. The van der Waals surface area contributed by atoms with Gasteiger partial charge < -0.3 is 0 Å². The van der Waals surface area contributed by atoms with Crippen molar-refractivity contribution in [1.29, 1.82) is 0 Å². The van der Waals surface area contributed by atoms with Gasteiger partial charge in [-0.1, -0.05) is 152 Å². The smallest absolute Gasteiger partial charge is 0.135 e. The van der Waals surface area contributed by atoms with Gasteiger partial charge in [-0.05, 0) is 87.4 Å². The van der Waals surface area contributed by atoms with Crippen molar-refractivity contribution in [3.05, 3.63) is 169 Å². The molecule has 7 rings (SSSR count). The third-order valence-electron chi connectivity index (χ3n) is 9.26. The number of hydrogen-bond donors (Lipinski definition) is 0. The van der Waals surface area contributed by atoms with Gasteiger partial charge in [-0.3, -0.25) is 0 Å². The molecule has 0 saturated heterocycles. The molecule has 0 saturated carbocycles. The first-order valence-corrected chi connectivity index (χ1v) is 17.1. The minimum absolute atomic E-state index is 1.13. The quantitative estimate of drug-likeness (QED) is 0.0945. The molecule has 0 N–H and O–H groups in total. The topological polar surface area (TPSA) is 0 Å². The summed E-state index contributed by atoms with van der Waals surface area (Å²) in [5.74, 6) is 0. The van der Waals surface area contributed by atoms with Gasteiger partial charge >= 0.3 is 0 Å². The minimum Gasteiger partial charge on any atom is -0.135 e. The zero-order valence-electron chi connectivity index (χ0n) is 27.5. The Morgan fingerprint density at radius 3 is 2.11 bits per heavy atom. The number of fused-ring (bicyclic) bond motifs is 5. The summed E-state index contributed by atoms with van der Waals surface area (Å²) in [5, 5.41) is 7.84. The molecule has 2 heteroatoms. The molecule has 1 heterocycles. The van der Waals surface area contributed by atoms with E-state index in [1.54, 1.807) is 0 Å². The predicted octanol–water partition coefficient (Wildman–Crippen LogP) is 12.0. The fraction of sp³-hybridized carbons (Fsp3) is 0.0667. The van der Waals surface area contributed by atoms with Crippen molar-refractivity contribution >= 4 is 71.9 Å². The number of benzene rings is 6. The molecule has 0 bridgehead atoms. The highest BCUT2D eigenvalue weighted by molar-refractivity contribution is 7.26. The Hall–Kier alpha value is -5.18. The van der Waals surface area contributed by atoms with Crippen LogP contribution in [0.5, 0.6) is 0 Å². The summed E-state index contributed by atoms with van der Waals surface area (Å²) in [4.78, 5) is 0. The third kappa shape index (κ3) is 5.39. The Kier molecular flexibility index (Phi) is 8.37. The van der Waals surface area contributed by atoms with Gasteiger partial charge in [-0.2, -0.15) is 0 Å². The molecule has 0 amide bonds. The molecular weight excluding hydrogens is 583 g/mol. The Balaban J connectivity index is 1.49. The molecule has 0 atom stereocenters. The van der Waals surface area contributed by atoms with Crippen LogP contribution in [-0.4, -0.2) is 7.85 Å². The second-order valence-corrected chi connectivity index (χ2v) is 13.2. The molecule has 6 aromatic carbocycles. The van der Waals surface area contributed by atoms with Crippen LogP contribution in [0.15, 0.2) is 163 Å². The lowest BCUT2D eigenvalue weighted by molar-refractivity contribution is 1.43. The van der Waals surface area contributed by atoms with Crippen LogP contribution >= 0.6 is 11.3 Å². The maximum absolute atomic E-state index is 4.02. The van der Waals surface area contributed by atoms with Crippen molar-refractivity contribution in [2.45, 2.75) is 20.8 Å². The number of rotatable bonds is 7. The van der Waals surface area contributed by atoms with E-state index < -0.39 is 0 Å². The van der Waals surface area contributed by atoms with Gasteiger partial charge in [0.1, 0.15) is 7.85 Å². The van der Waals surface area contributed by atoms with Crippen LogP contribution in [0.3, 0.4) is 0 Å². The fourth-order valence-corrected chi connectivity index (χ4v) is 8.22. The van der Waals surface area contributed by atoms with Crippen LogP contribution in [0, 0.1) is 0 Å². The summed E-state index contributed by atoms with van der Waals surface area (Å²) in [6.45, 7) is 10.4. The standard InChI is InChI=1S/C45H37BS/c1-5-7-16-31(6-2)29(3)27-28-30(4)33-21-15-26-40-43(33)38-24-13-23-37(45(38)47-40)42-35-20-12-11-19-34(35)41(32-17-9-8-10-18-32)44-36(42)22-14-25-39(44)46/h5-28H,2,46H2,1,3-4H3/b7-5-,29-27+,30-28+,31-16+. The Labute approximate surface area is 282 Å². The molecule has 0 fully saturated rings. The summed E-state index contributed by atoms with van der Waals surface area (Å²) < 4.78 is 2.64. The van der Waals surface area contributed by atoms with E-state index >= 15 is 0 Å². The normalized spacial score (nSPS) is 13.0. The summed E-state index contributed by atoms with van der Waals surface area (Å²) in [5.41, 5.74) is 11.3. The molecular formula is C45H37BS. The monoisotopic (exact) mass is 620 g/mol. The Morgan fingerprint density at radius 2 is 1.34 bits per heavy atom. The number of allylic oxidation sites excluding steroid dienone is 9. The first-order valence-electron chi connectivity index (χ1n) is 16.3. The number of thiophene rings is 1. The maximum atomic E-state index is 4.02. The fourth-order valence-electron chi connectivity index (χ4n) is 6.97. The molecule has 0 spiro atoms. The maximum Gasteiger partial charge on any atom is 0.140 e. The van der Waals surface area contributed by atoms with Crippen LogP contribution in [0.1, 0.15) is 26.3 Å². The number of hydrogen-bond acceptors (Lipinski definition) is 1. The second kappa shape index (κ2) is 12.9. The van der Waals surface area contributed by atoms with Gasteiger partial charge in [0.25, 0.3) is 0 Å². The molecule has 0 unspecified atom stereocenters. The van der Waals surface area contributed by atoms with Gasteiger partial charge in [0.05, 0.1) is 0 Å². The van der Waals surface area contributed by atoms with E-state index in [4.69, 9.17) is 0 Å². The first-order chi connectivity index (χ1) is 23.0. The van der Waals surface area contributed by atoms with E-state index in [0.717, 1.165) is 5.57 Å². The molecule has 1 aromatic heterocycles. The van der Waals surface area contributed by atoms with Crippen molar-refractivity contribution in [2.24, 2.45) is 0 Å². The zero-order valence-corrected chi connectivity index (χ0v) is 28.3. The molecule has 0 nitrogen and oxygen atoms in total. The van der Waals surface area contributed by atoms with E-state index in [1.165, 1.54) is 86.1 Å². The summed E-state index contributed by atoms with van der Waals surface area (Å²) in [6, 6.07) is 40.2. The molecule has 0 radical (unpaired) electrons. The highest BCUT2D eigenvalue weighted by Crippen LogP contribution is 2.48. The molecule has 0 aliphatic heterocycles. The lowest BCUT2D eigenvalue weighted by Crippen LogP contribution is -2.06. The highest BCUT2D eigenvalue weighted by atomic mass is 32.1. The van der Waals surface area contributed by atoms with Crippen LogP contribution in [0.4, 0.5) is 0 Å². The van der Waals surface area contributed by atoms with E-state index in [1.807, 2.05) is 30.4 Å². The summed E-state index contributed by atoms with van der Waals surface area (Å²) in [7, 11) is 2.25. The minimum atomic E-state index is 1.13. The van der Waals surface area contributed by atoms with Gasteiger partial charge in [-0.15, -0.1) is 11.3 Å². The summed E-state index contributed by atoms with van der Waals surface area (Å²) >= 11 is 1.91. The zero-order chi connectivity index (χ0) is 32.5. The average Bonchev–Trinajstić information content (AvgIpc) is 3.50. The average molecular weight is 621 g/mol. The SMILES string of the molecule is Bc1cccc2c(-c3cccc4c3sc3cccc(/C(C)=C/C=C(C)/C(C=C)=C/C=C\C)c34)c3ccccc3c(-c3ccccc3)c12. The van der Waals surface area contributed by atoms with Crippen molar-refractivity contribution in [1.82, 2.24) is 0 Å². The Morgan fingerprint density at radius 1 is 0.660 bits per heavy atom. The molecule has 0 aliphatic rings. The lowest BCUT2D eigenvalue weighted by Gasteiger charge is -2.19. The van der Waals surface area contributed by atoms with Crippen molar-refractivity contribution in [3.8, 4) is 22.3 Å².